The van der Waals surface area contributed by atoms with E-state index in [4.69, 9.17) is 0 Å². The highest BCUT2D eigenvalue weighted by molar-refractivity contribution is 4.92. The predicted octanol–water partition coefficient (Wildman–Crippen LogP) is 3.19. The molecule has 2 aliphatic rings. The smallest absolute Gasteiger partial charge is 0.0583 e. The summed E-state index contributed by atoms with van der Waals surface area (Å²) >= 11 is 0. The van der Waals surface area contributed by atoms with E-state index in [1.54, 1.807) is 0 Å². The third-order valence-corrected chi connectivity index (χ3v) is 4.89. The monoisotopic (exact) mass is 239 g/mol. The maximum absolute atomic E-state index is 10.2. The number of hydrogen-bond donors (Lipinski definition) is 1. The van der Waals surface area contributed by atoms with Crippen molar-refractivity contribution in [3.8, 4) is 0 Å². The van der Waals surface area contributed by atoms with Gasteiger partial charge in [-0.15, -0.1) is 0 Å². The van der Waals surface area contributed by atoms with Gasteiger partial charge in [0.25, 0.3) is 0 Å². The van der Waals surface area contributed by atoms with Crippen LogP contribution in [0.2, 0.25) is 0 Å². The fourth-order valence-corrected chi connectivity index (χ4v) is 3.99. The molecule has 0 aromatic carbocycles. The Hall–Kier alpha value is -0.0800. The van der Waals surface area contributed by atoms with Crippen LogP contribution < -0.4 is 0 Å². The van der Waals surface area contributed by atoms with Crippen LogP contribution in [0.1, 0.15) is 65.2 Å². The molecule has 0 bridgehead atoms. The summed E-state index contributed by atoms with van der Waals surface area (Å²) in [4.78, 5) is 2.70. The van der Waals surface area contributed by atoms with Crippen molar-refractivity contribution in [3.05, 3.63) is 0 Å². The van der Waals surface area contributed by atoms with Crippen molar-refractivity contribution in [2.24, 2.45) is 5.92 Å². The van der Waals surface area contributed by atoms with Gasteiger partial charge < -0.3 is 5.11 Å². The van der Waals surface area contributed by atoms with E-state index in [9.17, 15) is 5.11 Å². The third kappa shape index (κ3) is 3.03. The summed E-state index contributed by atoms with van der Waals surface area (Å²) in [5.41, 5.74) is 0. The van der Waals surface area contributed by atoms with Crippen LogP contribution in [0.25, 0.3) is 0 Å². The Kier molecular flexibility index (Phi) is 4.87. The summed E-state index contributed by atoms with van der Waals surface area (Å²) < 4.78 is 0. The van der Waals surface area contributed by atoms with Crippen molar-refractivity contribution < 1.29 is 5.11 Å². The summed E-state index contributed by atoms with van der Waals surface area (Å²) in [5.74, 6) is 0.561. The standard InChI is InChI=1S/C15H29NO/c1-3-7-12(2)16-11-6-9-14(16)13-8-4-5-10-15(13)17/h12-15,17H,3-11H2,1-2H3. The molecule has 1 N–H and O–H groups in total. The second-order valence-electron chi connectivity index (χ2n) is 6.10. The van der Waals surface area contributed by atoms with Crippen molar-refractivity contribution in [2.75, 3.05) is 6.54 Å². The van der Waals surface area contributed by atoms with Crippen molar-refractivity contribution in [1.82, 2.24) is 4.90 Å². The molecule has 2 rings (SSSR count). The van der Waals surface area contributed by atoms with Crippen molar-refractivity contribution in [1.29, 1.82) is 0 Å². The van der Waals surface area contributed by atoms with Gasteiger partial charge in [-0.3, -0.25) is 4.90 Å². The molecule has 1 saturated heterocycles. The number of aliphatic hydroxyl groups is 1. The molecule has 0 amide bonds. The van der Waals surface area contributed by atoms with Gasteiger partial charge in [0.15, 0.2) is 0 Å². The Bertz CT molecular complexity index is 231. The highest BCUT2D eigenvalue weighted by Gasteiger charge is 2.38. The van der Waals surface area contributed by atoms with Crippen molar-refractivity contribution in [2.45, 2.75) is 83.4 Å². The van der Waals surface area contributed by atoms with Gasteiger partial charge in [-0.1, -0.05) is 26.2 Å². The number of aliphatic hydroxyl groups excluding tert-OH is 1. The molecule has 2 heteroatoms. The maximum atomic E-state index is 10.2. The van der Waals surface area contributed by atoms with E-state index in [1.165, 1.54) is 51.5 Å². The number of likely N-dealkylation sites (tertiary alicyclic amines) is 1. The summed E-state index contributed by atoms with van der Waals surface area (Å²) in [7, 11) is 0. The Balaban J connectivity index is 1.97. The molecule has 0 spiro atoms. The molecule has 4 unspecified atom stereocenters. The molecule has 1 aliphatic carbocycles. The van der Waals surface area contributed by atoms with Gasteiger partial charge in [0, 0.05) is 18.0 Å². The van der Waals surface area contributed by atoms with Crippen LogP contribution in [0.4, 0.5) is 0 Å². The van der Waals surface area contributed by atoms with Gasteiger partial charge in [-0.05, 0) is 45.6 Å². The largest absolute Gasteiger partial charge is 0.393 e. The fourth-order valence-electron chi connectivity index (χ4n) is 3.99. The van der Waals surface area contributed by atoms with E-state index in [2.05, 4.69) is 18.7 Å². The van der Waals surface area contributed by atoms with Crippen LogP contribution in [-0.4, -0.2) is 34.7 Å². The van der Waals surface area contributed by atoms with Gasteiger partial charge in [-0.2, -0.15) is 0 Å². The average Bonchev–Trinajstić information content (AvgIpc) is 2.79. The van der Waals surface area contributed by atoms with E-state index in [0.717, 1.165) is 6.42 Å². The molecular formula is C15H29NO. The molecule has 2 fully saturated rings. The molecule has 17 heavy (non-hydrogen) atoms. The van der Waals surface area contributed by atoms with Crippen LogP contribution >= 0.6 is 0 Å². The molecule has 1 aliphatic heterocycles. The second kappa shape index (κ2) is 6.19. The minimum atomic E-state index is -0.0248. The van der Waals surface area contributed by atoms with Gasteiger partial charge >= 0.3 is 0 Å². The molecule has 0 radical (unpaired) electrons. The zero-order valence-corrected chi connectivity index (χ0v) is 11.6. The first-order valence-corrected chi connectivity index (χ1v) is 7.67. The summed E-state index contributed by atoms with van der Waals surface area (Å²) in [6, 6.07) is 1.38. The Morgan fingerprint density at radius 2 is 1.94 bits per heavy atom. The molecule has 0 aromatic heterocycles. The summed E-state index contributed by atoms with van der Waals surface area (Å²) in [6.07, 6.45) is 10.1. The quantitative estimate of drug-likeness (QED) is 0.814. The van der Waals surface area contributed by atoms with E-state index >= 15 is 0 Å². The molecule has 100 valence electrons. The summed E-state index contributed by atoms with van der Waals surface area (Å²) in [6.45, 7) is 5.91. The van der Waals surface area contributed by atoms with Gasteiger partial charge in [-0.25, -0.2) is 0 Å². The van der Waals surface area contributed by atoms with E-state index in [1.807, 2.05) is 0 Å². The molecular weight excluding hydrogens is 210 g/mol. The lowest BCUT2D eigenvalue weighted by atomic mass is 9.80. The van der Waals surface area contributed by atoms with Crippen molar-refractivity contribution in [3.63, 3.8) is 0 Å². The van der Waals surface area contributed by atoms with Crippen LogP contribution in [0.5, 0.6) is 0 Å². The fraction of sp³-hybridized carbons (Fsp3) is 1.00. The molecule has 0 aromatic rings. The highest BCUT2D eigenvalue weighted by Crippen LogP contribution is 2.36. The van der Waals surface area contributed by atoms with Gasteiger partial charge in [0.05, 0.1) is 6.10 Å². The SMILES string of the molecule is CCCC(C)N1CCCC1C1CCCCC1O. The number of hydrogen-bond acceptors (Lipinski definition) is 2. The van der Waals surface area contributed by atoms with Crippen LogP contribution in [-0.2, 0) is 0 Å². The molecule has 4 atom stereocenters. The van der Waals surface area contributed by atoms with Crippen LogP contribution in [0.15, 0.2) is 0 Å². The van der Waals surface area contributed by atoms with Crippen LogP contribution in [0, 0.1) is 5.92 Å². The number of rotatable bonds is 4. The first kappa shape index (κ1) is 13.4. The van der Waals surface area contributed by atoms with Crippen LogP contribution in [0.3, 0.4) is 0 Å². The second-order valence-corrected chi connectivity index (χ2v) is 6.10. The topological polar surface area (TPSA) is 23.5 Å². The minimum absolute atomic E-state index is 0.0248. The summed E-state index contributed by atoms with van der Waals surface area (Å²) in [5, 5.41) is 10.2. The van der Waals surface area contributed by atoms with E-state index in [-0.39, 0.29) is 6.10 Å². The zero-order chi connectivity index (χ0) is 12.3. The predicted molar refractivity (Wildman–Crippen MR) is 72.1 cm³/mol. The normalized spacial score (nSPS) is 37.2. The van der Waals surface area contributed by atoms with Crippen molar-refractivity contribution >= 4 is 0 Å². The zero-order valence-electron chi connectivity index (χ0n) is 11.6. The third-order valence-electron chi connectivity index (χ3n) is 4.89. The van der Waals surface area contributed by atoms with E-state index in [0.29, 0.717) is 18.0 Å². The average molecular weight is 239 g/mol. The molecule has 2 nitrogen and oxygen atoms in total. The van der Waals surface area contributed by atoms with E-state index < -0.39 is 0 Å². The van der Waals surface area contributed by atoms with Gasteiger partial charge in [0.1, 0.15) is 0 Å². The molecule has 1 saturated carbocycles. The lowest BCUT2D eigenvalue weighted by molar-refractivity contribution is 0.0114. The first-order chi connectivity index (χ1) is 8.24. The Morgan fingerprint density at radius 1 is 1.18 bits per heavy atom. The lowest BCUT2D eigenvalue weighted by Crippen LogP contribution is -2.46. The van der Waals surface area contributed by atoms with Gasteiger partial charge in [0.2, 0.25) is 0 Å². The Morgan fingerprint density at radius 3 is 2.65 bits per heavy atom. The lowest BCUT2D eigenvalue weighted by Gasteiger charge is -2.39. The number of nitrogens with zero attached hydrogens (tertiary/aromatic N) is 1. The molecule has 1 heterocycles. The first-order valence-electron chi connectivity index (χ1n) is 7.67. The highest BCUT2D eigenvalue weighted by atomic mass is 16.3. The maximum Gasteiger partial charge on any atom is 0.0583 e. The Labute approximate surface area is 106 Å². The minimum Gasteiger partial charge on any atom is -0.393 e.